The van der Waals surface area contributed by atoms with Gasteiger partial charge in [0, 0.05) is 0 Å². The zero-order valence-corrected chi connectivity index (χ0v) is 15.4. The van der Waals surface area contributed by atoms with Gasteiger partial charge >= 0.3 is 0 Å². The van der Waals surface area contributed by atoms with E-state index in [1.54, 1.807) is 36.4 Å². The van der Waals surface area contributed by atoms with Gasteiger partial charge in [-0.2, -0.15) is 5.26 Å². The first-order valence-electron chi connectivity index (χ1n) is 8.62. The first-order valence-corrected chi connectivity index (χ1v) is 8.62. The van der Waals surface area contributed by atoms with Gasteiger partial charge in [0.2, 0.25) is 0 Å². The molecule has 140 valence electrons. The van der Waals surface area contributed by atoms with Crippen molar-refractivity contribution in [3.63, 3.8) is 0 Å². The SMILES string of the molecule is CC[NH+](CC(=O)Nc1ccccc1C#N)CC(=O)Nc1ccccc1OC. The van der Waals surface area contributed by atoms with Crippen LogP contribution < -0.4 is 20.3 Å². The molecule has 1 unspecified atom stereocenters. The van der Waals surface area contributed by atoms with Crippen LogP contribution >= 0.6 is 0 Å². The minimum Gasteiger partial charge on any atom is -0.495 e. The molecule has 2 aromatic carbocycles. The number of quaternary nitrogens is 1. The lowest BCUT2D eigenvalue weighted by atomic mass is 10.2. The average Bonchev–Trinajstić information content (AvgIpc) is 2.68. The average molecular weight is 367 g/mol. The van der Waals surface area contributed by atoms with Crippen molar-refractivity contribution >= 4 is 23.2 Å². The summed E-state index contributed by atoms with van der Waals surface area (Å²) in [5.74, 6) is 0.121. The Labute approximate surface area is 158 Å². The van der Waals surface area contributed by atoms with Crippen LogP contribution in [0.15, 0.2) is 48.5 Å². The quantitative estimate of drug-likeness (QED) is 0.650. The zero-order valence-electron chi connectivity index (χ0n) is 15.4. The van der Waals surface area contributed by atoms with Crippen molar-refractivity contribution in [3.8, 4) is 11.8 Å². The van der Waals surface area contributed by atoms with Crippen LogP contribution in [0.4, 0.5) is 11.4 Å². The molecule has 0 radical (unpaired) electrons. The number of nitrogens with one attached hydrogen (secondary N) is 3. The summed E-state index contributed by atoms with van der Waals surface area (Å²) in [6, 6.07) is 16.0. The lowest BCUT2D eigenvalue weighted by Crippen LogP contribution is -3.13. The van der Waals surface area contributed by atoms with Gasteiger partial charge in [-0.1, -0.05) is 24.3 Å². The summed E-state index contributed by atoms with van der Waals surface area (Å²) in [5, 5.41) is 14.6. The molecule has 0 saturated heterocycles. The number of benzene rings is 2. The van der Waals surface area contributed by atoms with Crippen LogP contribution in [0.5, 0.6) is 5.75 Å². The lowest BCUT2D eigenvalue weighted by Gasteiger charge is -2.17. The number of hydrogen-bond donors (Lipinski definition) is 3. The van der Waals surface area contributed by atoms with Crippen LogP contribution in [-0.4, -0.2) is 38.6 Å². The molecular weight excluding hydrogens is 344 g/mol. The maximum atomic E-state index is 12.3. The second-order valence-corrected chi connectivity index (χ2v) is 5.91. The number of nitrogens with zero attached hydrogens (tertiary/aromatic N) is 1. The number of methoxy groups -OCH3 is 1. The van der Waals surface area contributed by atoms with Crippen LogP contribution in [0.25, 0.3) is 0 Å². The molecule has 3 N–H and O–H groups in total. The van der Waals surface area contributed by atoms with Crippen molar-refractivity contribution in [2.24, 2.45) is 0 Å². The van der Waals surface area contributed by atoms with E-state index in [1.165, 1.54) is 7.11 Å². The summed E-state index contributed by atoms with van der Waals surface area (Å²) in [4.78, 5) is 25.4. The first-order chi connectivity index (χ1) is 13.1. The molecule has 0 aliphatic carbocycles. The van der Waals surface area contributed by atoms with Gasteiger partial charge in [0.05, 0.1) is 30.6 Å². The van der Waals surface area contributed by atoms with E-state index in [1.807, 2.05) is 25.1 Å². The second kappa shape index (κ2) is 9.94. The Balaban J connectivity index is 1.93. The number of amides is 2. The van der Waals surface area contributed by atoms with Crippen molar-refractivity contribution in [3.05, 3.63) is 54.1 Å². The standard InChI is InChI=1S/C20H22N4O3/c1-3-24(13-19(25)22-16-9-5-4-8-15(16)12-21)14-20(26)23-17-10-6-7-11-18(17)27-2/h4-11H,3,13-14H2,1-2H3,(H,22,25)(H,23,26)/p+1. The molecule has 0 aromatic heterocycles. The number of para-hydroxylation sites is 3. The smallest absolute Gasteiger partial charge is 0.279 e. The molecule has 0 fully saturated rings. The van der Waals surface area contributed by atoms with E-state index < -0.39 is 0 Å². The molecule has 0 heterocycles. The largest absolute Gasteiger partial charge is 0.495 e. The van der Waals surface area contributed by atoms with Crippen LogP contribution in [0.1, 0.15) is 12.5 Å². The van der Waals surface area contributed by atoms with Crippen LogP contribution in [0.2, 0.25) is 0 Å². The number of carbonyl (C=O) groups is 2. The monoisotopic (exact) mass is 367 g/mol. The number of rotatable bonds is 8. The predicted octanol–water partition coefficient (Wildman–Crippen LogP) is 1.05. The van der Waals surface area contributed by atoms with Crippen molar-refractivity contribution in [1.82, 2.24) is 0 Å². The first kappa shape index (κ1) is 19.9. The summed E-state index contributed by atoms with van der Waals surface area (Å²) < 4.78 is 5.22. The van der Waals surface area contributed by atoms with E-state index in [0.717, 1.165) is 4.90 Å². The molecule has 0 saturated carbocycles. The Kier molecular flexibility index (Phi) is 7.35. The zero-order chi connectivity index (χ0) is 19.6. The van der Waals surface area contributed by atoms with E-state index in [0.29, 0.717) is 29.2 Å². The highest BCUT2D eigenvalue weighted by Gasteiger charge is 2.18. The van der Waals surface area contributed by atoms with Crippen molar-refractivity contribution in [2.45, 2.75) is 6.92 Å². The minimum atomic E-state index is -0.250. The molecule has 0 spiro atoms. The second-order valence-electron chi connectivity index (χ2n) is 5.91. The third kappa shape index (κ3) is 5.83. The Morgan fingerprint density at radius 3 is 2.15 bits per heavy atom. The van der Waals surface area contributed by atoms with Crippen LogP contribution in [0, 0.1) is 11.3 Å². The summed E-state index contributed by atoms with van der Waals surface area (Å²) in [7, 11) is 1.54. The van der Waals surface area contributed by atoms with Crippen LogP contribution in [-0.2, 0) is 9.59 Å². The summed E-state index contributed by atoms with van der Waals surface area (Å²) in [6.07, 6.45) is 0. The molecule has 7 nitrogen and oxygen atoms in total. The van der Waals surface area contributed by atoms with Gasteiger partial charge in [-0.15, -0.1) is 0 Å². The third-order valence-electron chi connectivity index (χ3n) is 4.02. The van der Waals surface area contributed by atoms with E-state index in [-0.39, 0.29) is 24.9 Å². The van der Waals surface area contributed by atoms with Gasteiger partial charge in [0.15, 0.2) is 13.1 Å². The number of carbonyl (C=O) groups excluding carboxylic acids is 2. The summed E-state index contributed by atoms with van der Waals surface area (Å²) in [6.45, 7) is 2.77. The highest BCUT2D eigenvalue weighted by Crippen LogP contribution is 2.22. The van der Waals surface area contributed by atoms with Gasteiger partial charge in [-0.25, -0.2) is 0 Å². The Morgan fingerprint density at radius 2 is 1.56 bits per heavy atom. The molecule has 27 heavy (non-hydrogen) atoms. The number of likely N-dealkylation sites (N-methyl/N-ethyl adjacent to an activating group) is 1. The van der Waals surface area contributed by atoms with Gasteiger partial charge in [0.1, 0.15) is 11.8 Å². The van der Waals surface area contributed by atoms with Gasteiger partial charge in [0.25, 0.3) is 11.8 Å². The third-order valence-corrected chi connectivity index (χ3v) is 4.02. The Hall–Kier alpha value is -3.37. The molecule has 0 aliphatic rings. The number of hydrogen-bond acceptors (Lipinski definition) is 4. The number of ether oxygens (including phenoxy) is 1. The van der Waals surface area contributed by atoms with Crippen molar-refractivity contribution < 1.29 is 19.2 Å². The Morgan fingerprint density at radius 1 is 1.00 bits per heavy atom. The molecule has 1 atom stereocenters. The molecule has 7 heteroatoms. The van der Waals surface area contributed by atoms with E-state index >= 15 is 0 Å². The van der Waals surface area contributed by atoms with Gasteiger partial charge in [-0.05, 0) is 31.2 Å². The van der Waals surface area contributed by atoms with Crippen LogP contribution in [0.3, 0.4) is 0 Å². The molecule has 2 rings (SSSR count). The normalized spacial score (nSPS) is 11.1. The fourth-order valence-electron chi connectivity index (χ4n) is 2.59. The molecule has 0 bridgehead atoms. The number of anilines is 2. The summed E-state index contributed by atoms with van der Waals surface area (Å²) in [5.41, 5.74) is 1.46. The molecule has 0 aliphatic heterocycles. The maximum absolute atomic E-state index is 12.3. The highest BCUT2D eigenvalue weighted by molar-refractivity contribution is 5.94. The predicted molar refractivity (Wildman–Crippen MR) is 103 cm³/mol. The Bertz CT molecular complexity index is 845. The molecular formula is C20H23N4O3+. The fourth-order valence-corrected chi connectivity index (χ4v) is 2.59. The maximum Gasteiger partial charge on any atom is 0.279 e. The molecule has 2 aromatic rings. The topological polar surface area (TPSA) is 95.7 Å². The number of nitriles is 1. The molecule has 2 amide bonds. The highest BCUT2D eigenvalue weighted by atomic mass is 16.5. The van der Waals surface area contributed by atoms with E-state index in [4.69, 9.17) is 10.00 Å². The minimum absolute atomic E-state index is 0.121. The van der Waals surface area contributed by atoms with E-state index in [2.05, 4.69) is 10.6 Å². The fraction of sp³-hybridized carbons (Fsp3) is 0.250. The van der Waals surface area contributed by atoms with E-state index in [9.17, 15) is 9.59 Å². The van der Waals surface area contributed by atoms with Crippen molar-refractivity contribution in [1.29, 1.82) is 5.26 Å². The lowest BCUT2D eigenvalue weighted by molar-refractivity contribution is -0.881. The van der Waals surface area contributed by atoms with Gasteiger partial charge < -0.3 is 20.3 Å². The summed E-state index contributed by atoms with van der Waals surface area (Å²) >= 11 is 0. The van der Waals surface area contributed by atoms with Crippen molar-refractivity contribution in [2.75, 3.05) is 37.4 Å². The van der Waals surface area contributed by atoms with Gasteiger partial charge in [-0.3, -0.25) is 9.59 Å².